The van der Waals surface area contributed by atoms with Crippen molar-refractivity contribution >= 4 is 11.7 Å². The van der Waals surface area contributed by atoms with E-state index in [9.17, 15) is 0 Å². The Morgan fingerprint density at radius 2 is 2.25 bits per heavy atom. The molecule has 1 atom stereocenters. The van der Waals surface area contributed by atoms with Gasteiger partial charge in [0.15, 0.2) is 5.84 Å². The van der Waals surface area contributed by atoms with Gasteiger partial charge in [0.25, 0.3) is 0 Å². The zero-order valence-electron chi connectivity index (χ0n) is 12.3. The van der Waals surface area contributed by atoms with Crippen molar-refractivity contribution in [3.8, 4) is 0 Å². The summed E-state index contributed by atoms with van der Waals surface area (Å²) in [6.45, 7) is 6.65. The molecule has 0 spiro atoms. The summed E-state index contributed by atoms with van der Waals surface area (Å²) >= 11 is 0. The summed E-state index contributed by atoms with van der Waals surface area (Å²) in [5, 5.41) is 11.8. The number of rotatable bonds is 3. The van der Waals surface area contributed by atoms with Crippen LogP contribution in [-0.2, 0) is 0 Å². The van der Waals surface area contributed by atoms with E-state index in [-0.39, 0.29) is 5.84 Å². The van der Waals surface area contributed by atoms with E-state index in [1.165, 1.54) is 19.3 Å². The van der Waals surface area contributed by atoms with Crippen molar-refractivity contribution < 1.29 is 5.21 Å². The molecule has 2 heterocycles. The molecule has 1 saturated heterocycles. The molecule has 1 aliphatic rings. The number of amidine groups is 1. The highest BCUT2D eigenvalue weighted by molar-refractivity contribution is 5.97. The van der Waals surface area contributed by atoms with Crippen LogP contribution < -0.4 is 10.6 Å². The highest BCUT2D eigenvalue weighted by Gasteiger charge is 2.20. The molecule has 2 rings (SSSR count). The van der Waals surface area contributed by atoms with Crippen LogP contribution in [0.5, 0.6) is 0 Å². The van der Waals surface area contributed by atoms with Gasteiger partial charge in [-0.15, -0.1) is 0 Å². The molecule has 0 bridgehead atoms. The molecule has 1 fully saturated rings. The lowest BCUT2D eigenvalue weighted by molar-refractivity contribution is 0.318. The second-order valence-electron chi connectivity index (χ2n) is 5.81. The van der Waals surface area contributed by atoms with Gasteiger partial charge in [-0.25, -0.2) is 4.98 Å². The fourth-order valence-electron chi connectivity index (χ4n) is 2.83. The molecule has 0 saturated carbocycles. The molecule has 1 aliphatic heterocycles. The predicted octanol–water partition coefficient (Wildman–Crippen LogP) is 2.44. The lowest BCUT2D eigenvalue weighted by Crippen LogP contribution is -2.26. The summed E-state index contributed by atoms with van der Waals surface area (Å²) in [7, 11) is 0. The molecular weight excluding hydrogens is 252 g/mol. The number of pyridine rings is 1. The van der Waals surface area contributed by atoms with Crippen LogP contribution in [0, 0.1) is 11.8 Å². The van der Waals surface area contributed by atoms with Crippen LogP contribution in [0.25, 0.3) is 0 Å². The lowest BCUT2D eigenvalue weighted by atomic mass is 9.89. The van der Waals surface area contributed by atoms with Gasteiger partial charge in [-0.2, -0.15) is 0 Å². The maximum Gasteiger partial charge on any atom is 0.170 e. The minimum Gasteiger partial charge on any atom is -0.409 e. The van der Waals surface area contributed by atoms with Crippen molar-refractivity contribution in [2.75, 3.05) is 18.0 Å². The summed E-state index contributed by atoms with van der Waals surface area (Å²) in [6.07, 6.45) is 5.40. The number of nitrogens with two attached hydrogens (primary N) is 1. The van der Waals surface area contributed by atoms with E-state index >= 15 is 0 Å². The Kier molecular flexibility index (Phi) is 4.82. The van der Waals surface area contributed by atoms with E-state index in [4.69, 9.17) is 10.9 Å². The van der Waals surface area contributed by atoms with E-state index < -0.39 is 0 Å². The van der Waals surface area contributed by atoms with Gasteiger partial charge in [-0.1, -0.05) is 19.0 Å². The fraction of sp³-hybridized carbons (Fsp3) is 0.600. The Bertz CT molecular complexity index is 473. The van der Waals surface area contributed by atoms with Gasteiger partial charge in [-0.3, -0.25) is 0 Å². The van der Waals surface area contributed by atoms with Crippen molar-refractivity contribution in [1.82, 2.24) is 4.98 Å². The predicted molar refractivity (Wildman–Crippen MR) is 81.1 cm³/mol. The molecule has 0 radical (unpaired) electrons. The smallest absolute Gasteiger partial charge is 0.170 e. The van der Waals surface area contributed by atoms with Crippen LogP contribution in [0.1, 0.15) is 38.7 Å². The Hall–Kier alpha value is -1.78. The van der Waals surface area contributed by atoms with Crippen molar-refractivity contribution in [2.24, 2.45) is 22.7 Å². The van der Waals surface area contributed by atoms with Crippen LogP contribution in [0.4, 0.5) is 5.82 Å². The average molecular weight is 276 g/mol. The second kappa shape index (κ2) is 6.59. The van der Waals surface area contributed by atoms with E-state index in [0.29, 0.717) is 5.56 Å². The third-order valence-electron chi connectivity index (χ3n) is 4.19. The third-order valence-corrected chi connectivity index (χ3v) is 4.19. The number of anilines is 1. The van der Waals surface area contributed by atoms with Gasteiger partial charge in [0.2, 0.25) is 0 Å². The quantitative estimate of drug-likeness (QED) is 0.385. The van der Waals surface area contributed by atoms with E-state index in [1.54, 1.807) is 12.3 Å². The molecular formula is C15H24N4O. The minimum absolute atomic E-state index is 0.128. The normalized spacial score (nSPS) is 21.1. The third kappa shape index (κ3) is 3.40. The van der Waals surface area contributed by atoms with Crippen LogP contribution in [-0.4, -0.2) is 29.1 Å². The van der Waals surface area contributed by atoms with Crippen molar-refractivity contribution in [3.63, 3.8) is 0 Å². The van der Waals surface area contributed by atoms with Gasteiger partial charge in [0.05, 0.1) is 0 Å². The zero-order valence-corrected chi connectivity index (χ0v) is 12.3. The summed E-state index contributed by atoms with van der Waals surface area (Å²) in [4.78, 5) is 6.73. The Morgan fingerprint density at radius 3 is 2.95 bits per heavy atom. The Balaban J connectivity index is 2.12. The summed E-state index contributed by atoms with van der Waals surface area (Å²) in [5.41, 5.74) is 6.35. The van der Waals surface area contributed by atoms with Crippen molar-refractivity contribution in [3.05, 3.63) is 23.9 Å². The Morgan fingerprint density at radius 1 is 1.45 bits per heavy atom. The second-order valence-corrected chi connectivity index (χ2v) is 5.81. The monoisotopic (exact) mass is 276 g/mol. The molecule has 5 nitrogen and oxygen atoms in total. The Labute approximate surface area is 120 Å². The molecule has 1 aromatic rings. The number of hydrogen-bond acceptors (Lipinski definition) is 4. The fourth-order valence-corrected chi connectivity index (χ4v) is 2.83. The van der Waals surface area contributed by atoms with Crippen molar-refractivity contribution in [2.45, 2.75) is 33.1 Å². The standard InChI is InChI=1S/C15H24N4O/c1-11(2)12-4-3-8-19(9-6-12)14-10-13(5-7-17-14)15(16)18-20/h5,7,10-12,20H,3-4,6,8-9H2,1-2H3,(H2,16,18). The van der Waals surface area contributed by atoms with Gasteiger partial charge < -0.3 is 15.8 Å². The van der Waals surface area contributed by atoms with Crippen LogP contribution in [0.2, 0.25) is 0 Å². The number of oxime groups is 1. The molecule has 1 aromatic heterocycles. The van der Waals surface area contributed by atoms with Crippen LogP contribution >= 0.6 is 0 Å². The van der Waals surface area contributed by atoms with Gasteiger partial charge in [-0.05, 0) is 43.2 Å². The molecule has 5 heteroatoms. The minimum atomic E-state index is 0.128. The summed E-state index contributed by atoms with van der Waals surface area (Å²) in [6, 6.07) is 3.65. The van der Waals surface area contributed by atoms with Gasteiger partial charge in [0.1, 0.15) is 5.82 Å². The summed E-state index contributed by atoms with van der Waals surface area (Å²) < 4.78 is 0. The molecule has 20 heavy (non-hydrogen) atoms. The molecule has 0 aliphatic carbocycles. The molecule has 0 aromatic carbocycles. The molecule has 110 valence electrons. The number of hydrogen-bond donors (Lipinski definition) is 2. The van der Waals surface area contributed by atoms with Gasteiger partial charge in [0, 0.05) is 24.8 Å². The van der Waals surface area contributed by atoms with E-state index in [0.717, 1.165) is 30.7 Å². The number of aromatic nitrogens is 1. The maximum absolute atomic E-state index is 8.76. The number of nitrogens with zero attached hydrogens (tertiary/aromatic N) is 3. The zero-order chi connectivity index (χ0) is 14.5. The van der Waals surface area contributed by atoms with Crippen LogP contribution in [0.15, 0.2) is 23.5 Å². The van der Waals surface area contributed by atoms with E-state index in [1.807, 2.05) is 6.07 Å². The largest absolute Gasteiger partial charge is 0.409 e. The molecule has 3 N–H and O–H groups in total. The average Bonchev–Trinajstić information content (AvgIpc) is 2.72. The van der Waals surface area contributed by atoms with Gasteiger partial charge >= 0.3 is 0 Å². The first-order valence-electron chi connectivity index (χ1n) is 7.30. The summed E-state index contributed by atoms with van der Waals surface area (Å²) in [5.74, 6) is 2.58. The SMILES string of the molecule is CC(C)C1CCCN(c2cc(C(N)=NO)ccn2)CC1. The first-order chi connectivity index (χ1) is 9.61. The highest BCUT2D eigenvalue weighted by atomic mass is 16.4. The topological polar surface area (TPSA) is 74.7 Å². The molecule has 1 unspecified atom stereocenters. The lowest BCUT2D eigenvalue weighted by Gasteiger charge is -2.22. The highest BCUT2D eigenvalue weighted by Crippen LogP contribution is 2.26. The first-order valence-corrected chi connectivity index (χ1v) is 7.30. The van der Waals surface area contributed by atoms with Crippen LogP contribution in [0.3, 0.4) is 0 Å². The first kappa shape index (κ1) is 14.6. The van der Waals surface area contributed by atoms with Crippen molar-refractivity contribution in [1.29, 1.82) is 0 Å². The molecule has 0 amide bonds. The van der Waals surface area contributed by atoms with E-state index in [2.05, 4.69) is 28.9 Å². The maximum atomic E-state index is 8.76.